The average molecular weight is 555 g/mol. The highest BCUT2D eigenvalue weighted by molar-refractivity contribution is 5.96. The number of carboxylic acids is 1. The molecule has 0 bridgehead atoms. The average Bonchev–Trinajstić information content (AvgIpc) is 2.91. The lowest BCUT2D eigenvalue weighted by Gasteiger charge is -2.25. The van der Waals surface area contributed by atoms with Crippen LogP contribution in [-0.4, -0.2) is 64.8 Å². The fraction of sp³-hybridized carbons (Fsp3) is 0.333. The van der Waals surface area contributed by atoms with Crippen molar-refractivity contribution in [2.45, 2.75) is 56.3 Å². The van der Waals surface area contributed by atoms with E-state index in [1.165, 1.54) is 0 Å². The summed E-state index contributed by atoms with van der Waals surface area (Å²) in [6.45, 7) is 0. The van der Waals surface area contributed by atoms with Gasteiger partial charge in [-0.2, -0.15) is 0 Å². The zero-order valence-corrected chi connectivity index (χ0v) is 21.7. The molecule has 0 aliphatic heterocycles. The summed E-state index contributed by atoms with van der Waals surface area (Å²) in [4.78, 5) is 73.6. The lowest BCUT2D eigenvalue weighted by atomic mass is 10.0. The Bertz CT molecular complexity index is 1190. The molecule has 4 unspecified atom stereocenters. The lowest BCUT2D eigenvalue weighted by Crippen LogP contribution is -2.58. The lowest BCUT2D eigenvalue weighted by molar-refractivity contribution is -0.142. The molecule has 0 spiro atoms. The molecule has 10 N–H and O–H groups in total. The summed E-state index contributed by atoms with van der Waals surface area (Å²) in [6, 6.07) is 12.0. The van der Waals surface area contributed by atoms with E-state index >= 15 is 0 Å². The van der Waals surface area contributed by atoms with Gasteiger partial charge in [0, 0.05) is 19.3 Å². The third-order valence-electron chi connectivity index (χ3n) is 5.89. The van der Waals surface area contributed by atoms with Gasteiger partial charge in [-0.3, -0.25) is 24.0 Å². The van der Waals surface area contributed by atoms with Crippen LogP contribution in [0.5, 0.6) is 0 Å². The second kappa shape index (κ2) is 15.6. The zero-order valence-electron chi connectivity index (χ0n) is 21.7. The maximum absolute atomic E-state index is 13.3. The van der Waals surface area contributed by atoms with E-state index in [1.807, 2.05) is 0 Å². The molecule has 13 nitrogen and oxygen atoms in total. The number of aliphatic carboxylic acids is 1. The highest BCUT2D eigenvalue weighted by atomic mass is 16.4. The fourth-order valence-corrected chi connectivity index (χ4v) is 3.77. The third kappa shape index (κ3) is 10.9. The van der Waals surface area contributed by atoms with Gasteiger partial charge in [0.15, 0.2) is 0 Å². The summed E-state index contributed by atoms with van der Waals surface area (Å²) >= 11 is 0. The molecule has 0 aliphatic carbocycles. The van der Waals surface area contributed by atoms with E-state index in [-0.39, 0.29) is 25.7 Å². The van der Waals surface area contributed by atoms with Crippen LogP contribution in [-0.2, 0) is 41.6 Å². The molecular weight excluding hydrogens is 520 g/mol. The molecule has 2 aromatic rings. The van der Waals surface area contributed by atoms with Crippen LogP contribution in [0.2, 0.25) is 0 Å². The third-order valence-corrected chi connectivity index (χ3v) is 5.89. The van der Waals surface area contributed by atoms with Crippen molar-refractivity contribution in [1.29, 1.82) is 0 Å². The SMILES string of the molecule is NC(=O)CCC(N)C(=O)NC(Cc1ccccc1)C(=O)NC(CC(N)=O)C(=O)NC(Cc1ccccc1)C(=O)O. The van der Waals surface area contributed by atoms with E-state index < -0.39 is 66.1 Å². The van der Waals surface area contributed by atoms with Crippen molar-refractivity contribution in [2.75, 3.05) is 0 Å². The van der Waals surface area contributed by atoms with Gasteiger partial charge in [-0.25, -0.2) is 4.79 Å². The van der Waals surface area contributed by atoms with Crippen molar-refractivity contribution in [3.8, 4) is 0 Å². The molecule has 0 aromatic heterocycles. The number of carbonyl (C=O) groups is 6. The van der Waals surface area contributed by atoms with Crippen LogP contribution in [0, 0.1) is 0 Å². The second-order valence-corrected chi connectivity index (χ2v) is 9.18. The summed E-state index contributed by atoms with van der Waals surface area (Å²) in [7, 11) is 0. The predicted octanol–water partition coefficient (Wildman–Crippen LogP) is -1.52. The van der Waals surface area contributed by atoms with Gasteiger partial charge in [-0.1, -0.05) is 60.7 Å². The topological polar surface area (TPSA) is 237 Å². The number of carbonyl (C=O) groups excluding carboxylic acids is 5. The number of primary amides is 2. The number of amides is 5. The molecule has 40 heavy (non-hydrogen) atoms. The summed E-state index contributed by atoms with van der Waals surface area (Å²) in [5.41, 5.74) is 17.5. The minimum absolute atomic E-state index is 0.00236. The molecule has 0 heterocycles. The van der Waals surface area contributed by atoms with Gasteiger partial charge in [0.05, 0.1) is 12.5 Å². The number of nitrogens with two attached hydrogens (primary N) is 3. The van der Waals surface area contributed by atoms with Crippen LogP contribution in [0.4, 0.5) is 0 Å². The van der Waals surface area contributed by atoms with Crippen molar-refractivity contribution < 1.29 is 33.9 Å². The largest absolute Gasteiger partial charge is 0.480 e. The molecular formula is C27H34N6O7. The Balaban J connectivity index is 2.21. The molecule has 0 saturated carbocycles. The van der Waals surface area contributed by atoms with E-state index in [0.717, 1.165) is 0 Å². The van der Waals surface area contributed by atoms with Crippen molar-refractivity contribution in [1.82, 2.24) is 16.0 Å². The smallest absolute Gasteiger partial charge is 0.326 e. The van der Waals surface area contributed by atoms with Crippen LogP contribution < -0.4 is 33.2 Å². The Morgan fingerprint density at radius 1 is 0.650 bits per heavy atom. The van der Waals surface area contributed by atoms with E-state index in [4.69, 9.17) is 17.2 Å². The maximum Gasteiger partial charge on any atom is 0.326 e. The van der Waals surface area contributed by atoms with Crippen molar-refractivity contribution in [2.24, 2.45) is 17.2 Å². The number of hydrogen-bond donors (Lipinski definition) is 7. The Labute approximate surface area is 230 Å². The van der Waals surface area contributed by atoms with E-state index in [0.29, 0.717) is 11.1 Å². The van der Waals surface area contributed by atoms with Crippen LogP contribution in [0.25, 0.3) is 0 Å². The minimum Gasteiger partial charge on any atom is -0.480 e. The molecule has 4 atom stereocenters. The number of rotatable bonds is 16. The molecule has 5 amide bonds. The Morgan fingerprint density at radius 2 is 1.10 bits per heavy atom. The first-order valence-electron chi connectivity index (χ1n) is 12.5. The number of carboxylic acid groups (broad SMARTS) is 1. The maximum atomic E-state index is 13.3. The minimum atomic E-state index is -1.53. The van der Waals surface area contributed by atoms with Crippen molar-refractivity contribution in [3.63, 3.8) is 0 Å². The van der Waals surface area contributed by atoms with E-state index in [1.54, 1.807) is 60.7 Å². The Hall–Kier alpha value is -4.78. The van der Waals surface area contributed by atoms with Gasteiger partial charge in [0.1, 0.15) is 18.1 Å². The van der Waals surface area contributed by atoms with Gasteiger partial charge in [0.25, 0.3) is 0 Å². The first-order chi connectivity index (χ1) is 19.0. The number of hydrogen-bond acceptors (Lipinski definition) is 7. The highest BCUT2D eigenvalue weighted by Gasteiger charge is 2.31. The Kier molecular flexibility index (Phi) is 12.3. The molecule has 0 radical (unpaired) electrons. The van der Waals surface area contributed by atoms with Crippen molar-refractivity contribution in [3.05, 3.63) is 71.8 Å². The molecule has 0 saturated heterocycles. The summed E-state index contributed by atoms with van der Waals surface area (Å²) < 4.78 is 0. The molecule has 2 aromatic carbocycles. The quantitative estimate of drug-likeness (QED) is 0.128. The monoisotopic (exact) mass is 554 g/mol. The van der Waals surface area contributed by atoms with Crippen LogP contribution in [0.1, 0.15) is 30.4 Å². The van der Waals surface area contributed by atoms with Gasteiger partial charge < -0.3 is 38.3 Å². The standard InChI is InChI=1S/C27H34N6O7/c28-18(11-12-22(29)34)24(36)31-19(13-16-7-3-1-4-8-16)25(37)32-20(15-23(30)35)26(38)33-21(27(39)40)14-17-9-5-2-6-10-17/h1-10,18-21H,11-15,28H2,(H2,29,34)(H2,30,35)(H,31,36)(H,32,37)(H,33,38)(H,39,40). The van der Waals surface area contributed by atoms with E-state index in [2.05, 4.69) is 16.0 Å². The normalized spacial score (nSPS) is 13.6. The fourth-order valence-electron chi connectivity index (χ4n) is 3.77. The van der Waals surface area contributed by atoms with Crippen LogP contribution in [0.15, 0.2) is 60.7 Å². The number of benzene rings is 2. The first-order valence-corrected chi connectivity index (χ1v) is 12.5. The predicted molar refractivity (Wildman–Crippen MR) is 144 cm³/mol. The highest BCUT2D eigenvalue weighted by Crippen LogP contribution is 2.08. The summed E-state index contributed by atoms with van der Waals surface area (Å²) in [5.74, 6) is -5.40. The number of nitrogens with one attached hydrogen (secondary N) is 3. The van der Waals surface area contributed by atoms with E-state index in [9.17, 15) is 33.9 Å². The van der Waals surface area contributed by atoms with Crippen LogP contribution in [0.3, 0.4) is 0 Å². The summed E-state index contributed by atoms with van der Waals surface area (Å²) in [6.07, 6.45) is -0.865. The molecule has 214 valence electrons. The molecule has 0 aliphatic rings. The van der Waals surface area contributed by atoms with Crippen LogP contribution >= 0.6 is 0 Å². The molecule has 0 fully saturated rings. The van der Waals surface area contributed by atoms with Crippen molar-refractivity contribution >= 4 is 35.5 Å². The summed E-state index contributed by atoms with van der Waals surface area (Å²) in [5, 5.41) is 16.9. The van der Waals surface area contributed by atoms with Gasteiger partial charge in [-0.15, -0.1) is 0 Å². The van der Waals surface area contributed by atoms with Gasteiger partial charge >= 0.3 is 5.97 Å². The van der Waals surface area contributed by atoms with Gasteiger partial charge in [-0.05, 0) is 17.5 Å². The second-order valence-electron chi connectivity index (χ2n) is 9.18. The molecule has 2 rings (SSSR count). The zero-order chi connectivity index (χ0) is 29.7. The Morgan fingerprint density at radius 3 is 1.57 bits per heavy atom. The first kappa shape index (κ1) is 31.4. The van der Waals surface area contributed by atoms with Gasteiger partial charge in [0.2, 0.25) is 29.5 Å². The molecule has 13 heteroatoms.